The summed E-state index contributed by atoms with van der Waals surface area (Å²) in [4.78, 5) is 22.9. The first-order chi connectivity index (χ1) is 8.36. The molecule has 0 saturated heterocycles. The molecule has 100 valence electrons. The van der Waals surface area contributed by atoms with Crippen LogP contribution in [0.15, 0.2) is 0 Å². The highest BCUT2D eigenvalue weighted by atomic mass is 32.1. The molecule has 0 fully saturated rings. The fraction of sp³-hybridized carbons (Fsp3) is 0.600. The molecule has 0 spiro atoms. The van der Waals surface area contributed by atoms with E-state index in [9.17, 15) is 9.59 Å². The molecule has 2 amide bonds. The lowest BCUT2D eigenvalue weighted by Gasteiger charge is -2.21. The van der Waals surface area contributed by atoms with E-state index in [2.05, 4.69) is 20.8 Å². The van der Waals surface area contributed by atoms with Crippen LogP contribution in [-0.2, 0) is 4.79 Å². The zero-order valence-electron chi connectivity index (χ0n) is 10.6. The summed E-state index contributed by atoms with van der Waals surface area (Å²) in [5.74, 6) is -1.06. The Balaban J connectivity index is 2.67. The molecule has 7 nitrogen and oxygen atoms in total. The molecule has 1 heterocycles. The van der Waals surface area contributed by atoms with Gasteiger partial charge in [-0.05, 0) is 20.3 Å². The summed E-state index contributed by atoms with van der Waals surface area (Å²) < 4.78 is 0. The van der Waals surface area contributed by atoms with Crippen LogP contribution in [0.2, 0.25) is 0 Å². The summed E-state index contributed by atoms with van der Waals surface area (Å²) in [5, 5.41) is 13.9. The number of carbonyl (C=O) groups is 2. The van der Waals surface area contributed by atoms with E-state index < -0.39 is 17.4 Å². The SMILES string of the molecule is CCCNc1nnc(C(=O)NC(C)(C)C(N)=O)s1. The quantitative estimate of drug-likeness (QED) is 0.691. The molecule has 0 unspecified atom stereocenters. The molecule has 4 N–H and O–H groups in total. The topological polar surface area (TPSA) is 110 Å². The van der Waals surface area contributed by atoms with E-state index in [1.165, 1.54) is 13.8 Å². The first-order valence-corrected chi connectivity index (χ1v) is 6.38. The van der Waals surface area contributed by atoms with Crippen LogP contribution in [0, 0.1) is 0 Å². The van der Waals surface area contributed by atoms with Crippen molar-refractivity contribution in [2.75, 3.05) is 11.9 Å². The van der Waals surface area contributed by atoms with Crippen LogP contribution in [0.3, 0.4) is 0 Å². The minimum atomic E-state index is -1.11. The first-order valence-electron chi connectivity index (χ1n) is 5.56. The average molecular weight is 271 g/mol. The summed E-state index contributed by atoms with van der Waals surface area (Å²) in [5.41, 5.74) is 4.06. The van der Waals surface area contributed by atoms with E-state index >= 15 is 0 Å². The number of hydrogen-bond acceptors (Lipinski definition) is 6. The first kappa shape index (κ1) is 14.4. The second-order valence-corrected chi connectivity index (χ2v) is 5.26. The normalized spacial score (nSPS) is 11.1. The predicted octanol–water partition coefficient (Wildman–Crippen LogP) is 0.354. The maximum atomic E-state index is 11.8. The minimum Gasteiger partial charge on any atom is -0.368 e. The minimum absolute atomic E-state index is 0.197. The third-order valence-electron chi connectivity index (χ3n) is 2.19. The van der Waals surface area contributed by atoms with Crippen LogP contribution in [-0.4, -0.2) is 34.1 Å². The number of nitrogens with one attached hydrogen (secondary N) is 2. The molecule has 0 atom stereocenters. The van der Waals surface area contributed by atoms with Crippen molar-refractivity contribution >= 4 is 28.3 Å². The van der Waals surface area contributed by atoms with Gasteiger partial charge in [0.05, 0.1) is 0 Å². The Morgan fingerprint density at radius 3 is 2.61 bits per heavy atom. The van der Waals surface area contributed by atoms with Gasteiger partial charge in [-0.2, -0.15) is 0 Å². The number of hydrogen-bond donors (Lipinski definition) is 3. The van der Waals surface area contributed by atoms with Crippen LogP contribution < -0.4 is 16.4 Å². The lowest BCUT2D eigenvalue weighted by atomic mass is 10.1. The van der Waals surface area contributed by atoms with Crippen molar-refractivity contribution in [3.63, 3.8) is 0 Å². The number of carbonyl (C=O) groups excluding carboxylic acids is 2. The zero-order valence-corrected chi connectivity index (χ0v) is 11.4. The Morgan fingerprint density at radius 2 is 2.06 bits per heavy atom. The van der Waals surface area contributed by atoms with E-state index in [0.717, 1.165) is 24.3 Å². The molecule has 1 aromatic heterocycles. The molecule has 0 aliphatic carbocycles. The van der Waals surface area contributed by atoms with Crippen molar-refractivity contribution in [3.8, 4) is 0 Å². The highest BCUT2D eigenvalue weighted by Gasteiger charge is 2.28. The zero-order chi connectivity index (χ0) is 13.8. The standard InChI is InChI=1S/C10H17N5O2S/c1-4-5-12-9-15-14-7(18-9)6(16)13-10(2,3)8(11)17/h4-5H2,1-3H3,(H2,11,17)(H,12,15)(H,13,16). The highest BCUT2D eigenvalue weighted by molar-refractivity contribution is 7.17. The van der Waals surface area contributed by atoms with Gasteiger partial charge in [-0.1, -0.05) is 18.3 Å². The van der Waals surface area contributed by atoms with Gasteiger partial charge in [0.2, 0.25) is 16.0 Å². The van der Waals surface area contributed by atoms with Crippen molar-refractivity contribution in [3.05, 3.63) is 5.01 Å². The van der Waals surface area contributed by atoms with E-state index in [-0.39, 0.29) is 5.01 Å². The van der Waals surface area contributed by atoms with Gasteiger partial charge in [0.15, 0.2) is 0 Å². The lowest BCUT2D eigenvalue weighted by Crippen LogP contribution is -2.53. The molecule has 0 aromatic carbocycles. The van der Waals surface area contributed by atoms with Crippen molar-refractivity contribution in [1.82, 2.24) is 15.5 Å². The van der Waals surface area contributed by atoms with Gasteiger partial charge < -0.3 is 16.4 Å². The summed E-state index contributed by atoms with van der Waals surface area (Å²) >= 11 is 1.14. The van der Waals surface area contributed by atoms with Gasteiger partial charge >= 0.3 is 0 Å². The molecule has 1 rings (SSSR count). The monoisotopic (exact) mass is 271 g/mol. The Morgan fingerprint density at radius 1 is 1.39 bits per heavy atom. The molecule has 0 saturated carbocycles. The Kier molecular flexibility index (Phi) is 4.60. The van der Waals surface area contributed by atoms with Gasteiger partial charge in [-0.3, -0.25) is 9.59 Å². The third kappa shape index (κ3) is 3.66. The smallest absolute Gasteiger partial charge is 0.283 e. The number of primary amides is 1. The highest BCUT2D eigenvalue weighted by Crippen LogP contribution is 2.15. The maximum absolute atomic E-state index is 11.8. The fourth-order valence-corrected chi connectivity index (χ4v) is 1.68. The van der Waals surface area contributed by atoms with Gasteiger partial charge in [0, 0.05) is 6.54 Å². The Hall–Kier alpha value is -1.70. The summed E-state index contributed by atoms with van der Waals surface area (Å²) in [6, 6.07) is 0. The van der Waals surface area contributed by atoms with Gasteiger partial charge in [-0.15, -0.1) is 10.2 Å². The maximum Gasteiger partial charge on any atom is 0.283 e. The molecule has 1 aromatic rings. The molecule has 0 aliphatic rings. The largest absolute Gasteiger partial charge is 0.368 e. The van der Waals surface area contributed by atoms with Gasteiger partial charge in [0.1, 0.15) is 5.54 Å². The molecule has 0 radical (unpaired) electrons. The van der Waals surface area contributed by atoms with Gasteiger partial charge in [-0.25, -0.2) is 0 Å². The van der Waals surface area contributed by atoms with Crippen molar-refractivity contribution in [2.45, 2.75) is 32.7 Å². The summed E-state index contributed by atoms with van der Waals surface area (Å²) in [6.45, 7) is 5.86. The number of rotatable bonds is 6. The molecule has 8 heteroatoms. The van der Waals surface area contributed by atoms with Crippen LogP contribution in [0.4, 0.5) is 5.13 Å². The average Bonchev–Trinajstić information content (AvgIpc) is 2.74. The van der Waals surface area contributed by atoms with Gasteiger partial charge in [0.25, 0.3) is 5.91 Å². The van der Waals surface area contributed by atoms with Crippen LogP contribution >= 0.6 is 11.3 Å². The number of aromatic nitrogens is 2. The summed E-state index contributed by atoms with van der Waals surface area (Å²) in [6.07, 6.45) is 0.954. The Bertz CT molecular complexity index is 443. The fourth-order valence-electron chi connectivity index (χ4n) is 1.02. The van der Waals surface area contributed by atoms with Crippen LogP contribution in [0.5, 0.6) is 0 Å². The molecular formula is C10H17N5O2S. The second-order valence-electron chi connectivity index (χ2n) is 4.28. The molecule has 0 aliphatic heterocycles. The number of amides is 2. The van der Waals surface area contributed by atoms with Crippen LogP contribution in [0.1, 0.15) is 37.0 Å². The molecular weight excluding hydrogens is 254 g/mol. The number of anilines is 1. The van der Waals surface area contributed by atoms with Crippen molar-refractivity contribution in [2.24, 2.45) is 5.73 Å². The van der Waals surface area contributed by atoms with Crippen molar-refractivity contribution < 1.29 is 9.59 Å². The number of nitrogens with two attached hydrogens (primary N) is 1. The third-order valence-corrected chi connectivity index (χ3v) is 3.07. The van der Waals surface area contributed by atoms with Crippen molar-refractivity contribution in [1.29, 1.82) is 0 Å². The van der Waals surface area contributed by atoms with E-state index in [1.54, 1.807) is 0 Å². The van der Waals surface area contributed by atoms with E-state index in [0.29, 0.717) is 5.13 Å². The van der Waals surface area contributed by atoms with E-state index in [4.69, 9.17) is 5.73 Å². The number of nitrogens with zero attached hydrogens (tertiary/aromatic N) is 2. The second kappa shape index (κ2) is 5.76. The predicted molar refractivity (Wildman–Crippen MR) is 69.4 cm³/mol. The van der Waals surface area contributed by atoms with Crippen LogP contribution in [0.25, 0.3) is 0 Å². The summed E-state index contributed by atoms with van der Waals surface area (Å²) in [7, 11) is 0. The molecule has 0 bridgehead atoms. The lowest BCUT2D eigenvalue weighted by molar-refractivity contribution is -0.122. The molecule has 18 heavy (non-hydrogen) atoms. The Labute approximate surface area is 109 Å². The van der Waals surface area contributed by atoms with E-state index in [1.807, 2.05) is 6.92 Å².